The van der Waals surface area contributed by atoms with Gasteiger partial charge in [0.25, 0.3) is 5.91 Å². The molecule has 19 heavy (non-hydrogen) atoms. The van der Waals surface area contributed by atoms with Crippen LogP contribution in [0.4, 0.5) is 5.13 Å². The number of carbonyl (C=O) groups excluding carboxylic acids is 2. The molecule has 0 bridgehead atoms. The first kappa shape index (κ1) is 15.1. The third kappa shape index (κ3) is 4.32. The molecule has 1 aromatic rings. The van der Waals surface area contributed by atoms with E-state index in [0.29, 0.717) is 5.13 Å². The molecule has 1 aromatic heterocycles. The van der Waals surface area contributed by atoms with Gasteiger partial charge in [-0.25, -0.2) is 4.98 Å². The van der Waals surface area contributed by atoms with Crippen molar-refractivity contribution in [2.24, 2.45) is 5.92 Å². The average molecular weight is 285 g/mol. The summed E-state index contributed by atoms with van der Waals surface area (Å²) in [6.07, 6.45) is 0. The third-order valence-corrected chi connectivity index (χ3v) is 3.08. The molecule has 1 rings (SSSR count). The molecule has 8 heteroatoms. The van der Waals surface area contributed by atoms with E-state index in [4.69, 9.17) is 5.11 Å². The average Bonchev–Trinajstić information content (AvgIpc) is 2.75. The molecule has 104 valence electrons. The van der Waals surface area contributed by atoms with Crippen LogP contribution in [0.5, 0.6) is 0 Å². The summed E-state index contributed by atoms with van der Waals surface area (Å²) < 4.78 is 0. The molecule has 1 atom stereocenters. The number of hydrogen-bond acceptors (Lipinski definition) is 5. The van der Waals surface area contributed by atoms with Crippen LogP contribution >= 0.6 is 11.3 Å². The highest BCUT2D eigenvalue weighted by Crippen LogP contribution is 2.16. The Hall–Kier alpha value is -1.96. The van der Waals surface area contributed by atoms with E-state index >= 15 is 0 Å². The summed E-state index contributed by atoms with van der Waals surface area (Å²) in [4.78, 5) is 38.8. The zero-order valence-electron chi connectivity index (χ0n) is 10.8. The number of rotatable bonds is 5. The Morgan fingerprint density at radius 1 is 1.53 bits per heavy atom. The van der Waals surface area contributed by atoms with Crippen molar-refractivity contribution in [2.45, 2.75) is 13.8 Å². The quantitative estimate of drug-likeness (QED) is 0.837. The smallest absolute Gasteiger partial charge is 0.308 e. The van der Waals surface area contributed by atoms with Crippen molar-refractivity contribution in [1.29, 1.82) is 0 Å². The van der Waals surface area contributed by atoms with Crippen molar-refractivity contribution < 1.29 is 19.5 Å². The maximum atomic E-state index is 12.0. The van der Waals surface area contributed by atoms with Crippen LogP contribution in [0, 0.1) is 5.92 Å². The molecule has 2 amide bonds. The number of anilines is 1. The molecule has 0 aliphatic heterocycles. The monoisotopic (exact) mass is 285 g/mol. The summed E-state index contributed by atoms with van der Waals surface area (Å²) in [5.74, 6) is -2.25. The minimum Gasteiger partial charge on any atom is -0.481 e. The molecule has 0 aliphatic carbocycles. The lowest BCUT2D eigenvalue weighted by Crippen LogP contribution is -2.33. The lowest BCUT2D eigenvalue weighted by Gasteiger charge is -2.18. The number of nitrogens with zero attached hydrogens (tertiary/aromatic N) is 2. The van der Waals surface area contributed by atoms with E-state index in [-0.39, 0.29) is 24.1 Å². The maximum absolute atomic E-state index is 12.0. The van der Waals surface area contributed by atoms with E-state index in [1.54, 1.807) is 0 Å². The molecule has 0 radical (unpaired) electrons. The van der Waals surface area contributed by atoms with Crippen LogP contribution in [0.1, 0.15) is 24.3 Å². The molecule has 7 nitrogen and oxygen atoms in total. The molecule has 2 N–H and O–H groups in total. The number of aromatic nitrogens is 1. The van der Waals surface area contributed by atoms with E-state index in [1.165, 1.54) is 31.2 Å². The second kappa shape index (κ2) is 6.28. The fraction of sp³-hybridized carbons (Fsp3) is 0.455. The van der Waals surface area contributed by atoms with Crippen molar-refractivity contribution in [2.75, 3.05) is 18.9 Å². The van der Waals surface area contributed by atoms with Gasteiger partial charge in [-0.05, 0) is 0 Å². The van der Waals surface area contributed by atoms with E-state index in [1.807, 2.05) is 0 Å². The van der Waals surface area contributed by atoms with Gasteiger partial charge in [0.2, 0.25) is 5.91 Å². The largest absolute Gasteiger partial charge is 0.481 e. The minimum absolute atomic E-state index is 0.0984. The number of amides is 2. The van der Waals surface area contributed by atoms with Gasteiger partial charge < -0.3 is 15.3 Å². The lowest BCUT2D eigenvalue weighted by molar-refractivity contribution is -0.141. The first-order valence-electron chi connectivity index (χ1n) is 5.52. The maximum Gasteiger partial charge on any atom is 0.308 e. The fourth-order valence-electron chi connectivity index (χ4n) is 1.35. The molecule has 1 unspecified atom stereocenters. The standard InChI is InChI=1S/C11H15N3O4S/c1-6(10(17)18)4-14(3)9(16)8-5-19-11(13-8)12-7(2)15/h5-6H,4H2,1-3H3,(H,17,18)(H,12,13,15). The topological polar surface area (TPSA) is 99.6 Å². The van der Waals surface area contributed by atoms with Crippen molar-refractivity contribution in [3.05, 3.63) is 11.1 Å². The first-order valence-corrected chi connectivity index (χ1v) is 6.40. The highest BCUT2D eigenvalue weighted by molar-refractivity contribution is 7.14. The number of thiazole rings is 1. The van der Waals surface area contributed by atoms with Gasteiger partial charge in [-0.15, -0.1) is 11.3 Å². The summed E-state index contributed by atoms with van der Waals surface area (Å²) in [6.45, 7) is 2.97. The van der Waals surface area contributed by atoms with Crippen molar-refractivity contribution in [1.82, 2.24) is 9.88 Å². The van der Waals surface area contributed by atoms with E-state index in [0.717, 1.165) is 11.3 Å². The summed E-state index contributed by atoms with van der Waals surface area (Å²) in [5, 5.41) is 13.1. The van der Waals surface area contributed by atoms with Gasteiger partial charge in [-0.1, -0.05) is 6.92 Å². The van der Waals surface area contributed by atoms with Crippen LogP contribution < -0.4 is 5.32 Å². The van der Waals surface area contributed by atoms with Crippen LogP contribution in [-0.2, 0) is 9.59 Å². The number of hydrogen-bond donors (Lipinski definition) is 2. The van der Waals surface area contributed by atoms with Crippen LogP contribution in [0.2, 0.25) is 0 Å². The molecule has 0 saturated heterocycles. The normalized spacial score (nSPS) is 11.7. The van der Waals surface area contributed by atoms with Gasteiger partial charge in [-0.2, -0.15) is 0 Å². The van der Waals surface area contributed by atoms with Gasteiger partial charge in [0.1, 0.15) is 5.69 Å². The van der Waals surface area contributed by atoms with Crippen molar-refractivity contribution >= 4 is 34.3 Å². The van der Waals surface area contributed by atoms with Crippen LogP contribution in [-0.4, -0.2) is 46.4 Å². The van der Waals surface area contributed by atoms with Crippen LogP contribution in [0.15, 0.2) is 5.38 Å². The van der Waals surface area contributed by atoms with Gasteiger partial charge in [0.05, 0.1) is 5.92 Å². The molecule has 0 fully saturated rings. The van der Waals surface area contributed by atoms with Gasteiger partial charge in [-0.3, -0.25) is 14.4 Å². The van der Waals surface area contributed by atoms with Gasteiger partial charge in [0.15, 0.2) is 5.13 Å². The summed E-state index contributed by atoms with van der Waals surface area (Å²) in [6, 6.07) is 0. The Morgan fingerprint density at radius 2 is 2.16 bits per heavy atom. The number of aliphatic carboxylic acids is 1. The van der Waals surface area contributed by atoms with Gasteiger partial charge >= 0.3 is 5.97 Å². The zero-order chi connectivity index (χ0) is 14.6. The number of carboxylic acids is 1. The Kier molecular flexibility index (Phi) is 4.99. The highest BCUT2D eigenvalue weighted by Gasteiger charge is 2.20. The predicted octanol–water partition coefficient (Wildman–Crippen LogP) is 0.894. The SMILES string of the molecule is CC(=O)Nc1nc(C(=O)N(C)CC(C)C(=O)O)cs1. The summed E-state index contributed by atoms with van der Waals surface area (Å²) >= 11 is 1.14. The van der Waals surface area contributed by atoms with E-state index < -0.39 is 11.9 Å². The van der Waals surface area contributed by atoms with Crippen LogP contribution in [0.25, 0.3) is 0 Å². The summed E-state index contributed by atoms with van der Waals surface area (Å²) in [5.41, 5.74) is 0.189. The fourth-order valence-corrected chi connectivity index (χ4v) is 2.08. The molecular weight excluding hydrogens is 270 g/mol. The molecule has 1 heterocycles. The van der Waals surface area contributed by atoms with Crippen LogP contribution in [0.3, 0.4) is 0 Å². The first-order chi connectivity index (χ1) is 8.81. The number of carboxylic acid groups (broad SMARTS) is 1. The Bertz CT molecular complexity index is 500. The van der Waals surface area contributed by atoms with E-state index in [2.05, 4.69) is 10.3 Å². The zero-order valence-corrected chi connectivity index (χ0v) is 11.7. The summed E-state index contributed by atoms with van der Waals surface area (Å²) in [7, 11) is 1.51. The molecule has 0 aromatic carbocycles. The second-order valence-electron chi connectivity index (χ2n) is 4.14. The number of carbonyl (C=O) groups is 3. The third-order valence-electron chi connectivity index (χ3n) is 2.32. The molecule has 0 saturated carbocycles. The Balaban J connectivity index is 2.69. The van der Waals surface area contributed by atoms with Crippen molar-refractivity contribution in [3.8, 4) is 0 Å². The molecular formula is C11H15N3O4S. The predicted molar refractivity (Wildman–Crippen MR) is 70.2 cm³/mol. The van der Waals surface area contributed by atoms with Gasteiger partial charge in [0, 0.05) is 25.9 Å². The molecule has 0 spiro atoms. The Labute approximate surface area is 114 Å². The van der Waals surface area contributed by atoms with Crippen molar-refractivity contribution in [3.63, 3.8) is 0 Å². The lowest BCUT2D eigenvalue weighted by atomic mass is 10.2. The second-order valence-corrected chi connectivity index (χ2v) is 5.00. The minimum atomic E-state index is -0.961. The number of nitrogens with one attached hydrogen (secondary N) is 1. The highest BCUT2D eigenvalue weighted by atomic mass is 32.1. The molecule has 0 aliphatic rings. The van der Waals surface area contributed by atoms with E-state index in [9.17, 15) is 14.4 Å². The Morgan fingerprint density at radius 3 is 2.68 bits per heavy atom.